The van der Waals surface area contributed by atoms with Crippen molar-refractivity contribution in [1.82, 2.24) is 4.90 Å². The van der Waals surface area contributed by atoms with Gasteiger partial charge in [-0.25, -0.2) is 9.64 Å². The van der Waals surface area contributed by atoms with Gasteiger partial charge in [0.1, 0.15) is 11.4 Å². The molecule has 1 saturated carbocycles. The minimum Gasteiger partial charge on any atom is -0.494 e. The van der Waals surface area contributed by atoms with E-state index < -0.39 is 5.60 Å². The van der Waals surface area contributed by atoms with Crippen LogP contribution in [-0.4, -0.2) is 37.1 Å². The lowest BCUT2D eigenvalue weighted by molar-refractivity contribution is -0.0957. The van der Waals surface area contributed by atoms with Crippen LogP contribution in [0.15, 0.2) is 48.5 Å². The van der Waals surface area contributed by atoms with E-state index in [1.165, 1.54) is 12.8 Å². The van der Waals surface area contributed by atoms with E-state index in [0.717, 1.165) is 68.6 Å². The SMILES string of the molecule is [C-]#[N+]c1ccc(OCCCN2CCC(C3(C4CCCC4)OC(=O)c4ccccc43)CC2)cc1. The lowest BCUT2D eigenvalue weighted by atomic mass is 9.68. The normalized spacial score (nSPS) is 23.8. The summed E-state index contributed by atoms with van der Waals surface area (Å²) in [5, 5.41) is 0. The highest BCUT2D eigenvalue weighted by Gasteiger charge is 2.56. The molecule has 172 valence electrons. The van der Waals surface area contributed by atoms with E-state index in [0.29, 0.717) is 24.1 Å². The Kier molecular flexibility index (Phi) is 6.37. The highest BCUT2D eigenvalue weighted by atomic mass is 16.6. The van der Waals surface area contributed by atoms with Gasteiger partial charge < -0.3 is 14.4 Å². The first-order chi connectivity index (χ1) is 16.2. The molecule has 5 nitrogen and oxygen atoms in total. The maximum Gasteiger partial charge on any atom is 0.339 e. The van der Waals surface area contributed by atoms with Crippen LogP contribution in [0.25, 0.3) is 4.85 Å². The van der Waals surface area contributed by atoms with Crippen molar-refractivity contribution in [3.05, 3.63) is 71.1 Å². The van der Waals surface area contributed by atoms with Crippen LogP contribution >= 0.6 is 0 Å². The highest BCUT2D eigenvalue weighted by Crippen LogP contribution is 2.55. The molecule has 0 radical (unpaired) electrons. The van der Waals surface area contributed by atoms with Gasteiger partial charge in [-0.15, -0.1) is 0 Å². The molecule has 0 spiro atoms. The van der Waals surface area contributed by atoms with Crippen molar-refractivity contribution in [1.29, 1.82) is 0 Å². The summed E-state index contributed by atoms with van der Waals surface area (Å²) in [5.41, 5.74) is 2.15. The summed E-state index contributed by atoms with van der Waals surface area (Å²) < 4.78 is 12.2. The first kappa shape index (κ1) is 22.0. The van der Waals surface area contributed by atoms with Gasteiger partial charge in [0.25, 0.3) is 0 Å². The van der Waals surface area contributed by atoms with E-state index in [9.17, 15) is 4.79 Å². The lowest BCUT2D eigenvalue weighted by Gasteiger charge is -2.45. The monoisotopic (exact) mass is 444 g/mol. The Morgan fingerprint density at radius 2 is 1.70 bits per heavy atom. The molecule has 1 atom stereocenters. The van der Waals surface area contributed by atoms with Crippen LogP contribution in [0, 0.1) is 18.4 Å². The number of hydrogen-bond donors (Lipinski definition) is 0. The van der Waals surface area contributed by atoms with Crippen molar-refractivity contribution in [3.8, 4) is 5.75 Å². The third-order valence-electron chi connectivity index (χ3n) is 7.84. The van der Waals surface area contributed by atoms with Crippen LogP contribution in [0.2, 0.25) is 0 Å². The smallest absolute Gasteiger partial charge is 0.339 e. The molecule has 2 aromatic rings. The molecule has 0 N–H and O–H groups in total. The molecule has 0 bridgehead atoms. The summed E-state index contributed by atoms with van der Waals surface area (Å²) in [7, 11) is 0. The second-order valence-corrected chi connectivity index (χ2v) is 9.63. The predicted molar refractivity (Wildman–Crippen MR) is 127 cm³/mol. The quantitative estimate of drug-likeness (QED) is 0.300. The molecule has 2 aromatic carbocycles. The number of nitrogens with zero attached hydrogens (tertiary/aromatic N) is 2. The van der Waals surface area contributed by atoms with E-state index in [1.807, 2.05) is 24.3 Å². The van der Waals surface area contributed by atoms with E-state index in [1.54, 1.807) is 12.1 Å². The van der Waals surface area contributed by atoms with Crippen LogP contribution < -0.4 is 4.74 Å². The zero-order valence-electron chi connectivity index (χ0n) is 19.2. The molecular weight excluding hydrogens is 412 g/mol. The summed E-state index contributed by atoms with van der Waals surface area (Å²) >= 11 is 0. The Balaban J connectivity index is 1.18. The van der Waals surface area contributed by atoms with Crippen molar-refractivity contribution in [2.45, 2.75) is 50.5 Å². The number of piperidine rings is 1. The summed E-state index contributed by atoms with van der Waals surface area (Å²) in [4.78, 5) is 18.7. The fourth-order valence-electron chi connectivity index (χ4n) is 6.24. The number of ether oxygens (including phenoxy) is 2. The van der Waals surface area contributed by atoms with Gasteiger partial charge in [-0.05, 0) is 63.4 Å². The Hall–Kier alpha value is -2.84. The third-order valence-corrected chi connectivity index (χ3v) is 7.84. The number of rotatable bonds is 7. The number of fused-ring (bicyclic) bond motifs is 1. The zero-order chi connectivity index (χ0) is 22.7. The van der Waals surface area contributed by atoms with Gasteiger partial charge in [0.2, 0.25) is 0 Å². The summed E-state index contributed by atoms with van der Waals surface area (Å²) in [6.45, 7) is 10.8. The number of benzene rings is 2. The minimum atomic E-state index is -0.420. The summed E-state index contributed by atoms with van der Waals surface area (Å²) in [6.07, 6.45) is 7.91. The maximum atomic E-state index is 12.8. The molecule has 3 aliphatic rings. The number of hydrogen-bond acceptors (Lipinski definition) is 4. The molecular formula is C28H32N2O3. The van der Waals surface area contributed by atoms with E-state index in [4.69, 9.17) is 16.0 Å². The number of cyclic esters (lactones) is 1. The van der Waals surface area contributed by atoms with Gasteiger partial charge in [-0.2, -0.15) is 0 Å². The van der Waals surface area contributed by atoms with E-state index in [-0.39, 0.29) is 5.97 Å². The van der Waals surface area contributed by atoms with Crippen molar-refractivity contribution < 1.29 is 14.3 Å². The fourth-order valence-corrected chi connectivity index (χ4v) is 6.24. The van der Waals surface area contributed by atoms with Gasteiger partial charge in [0, 0.05) is 23.9 Å². The molecule has 5 heteroatoms. The van der Waals surface area contributed by atoms with E-state index >= 15 is 0 Å². The van der Waals surface area contributed by atoms with Crippen LogP contribution in [0.1, 0.15) is 60.9 Å². The van der Waals surface area contributed by atoms with Gasteiger partial charge in [-0.3, -0.25) is 0 Å². The molecule has 2 fully saturated rings. The average molecular weight is 445 g/mol. The average Bonchev–Trinajstić information content (AvgIpc) is 3.50. The lowest BCUT2D eigenvalue weighted by Crippen LogP contribution is -2.47. The fraction of sp³-hybridized carbons (Fsp3) is 0.500. The number of carbonyl (C=O) groups excluding carboxylic acids is 1. The molecule has 5 rings (SSSR count). The Morgan fingerprint density at radius 3 is 2.42 bits per heavy atom. The van der Waals surface area contributed by atoms with Crippen molar-refractivity contribution in [3.63, 3.8) is 0 Å². The molecule has 0 aromatic heterocycles. The van der Waals surface area contributed by atoms with Gasteiger partial charge in [0.15, 0.2) is 5.69 Å². The Bertz CT molecular complexity index is 1010. The van der Waals surface area contributed by atoms with Crippen LogP contribution in [0.3, 0.4) is 0 Å². The van der Waals surface area contributed by atoms with Crippen molar-refractivity contribution in [2.75, 3.05) is 26.2 Å². The van der Waals surface area contributed by atoms with Gasteiger partial charge in [-0.1, -0.05) is 43.2 Å². The Morgan fingerprint density at radius 1 is 1.00 bits per heavy atom. The summed E-state index contributed by atoms with van der Waals surface area (Å²) in [6, 6.07) is 15.4. The largest absolute Gasteiger partial charge is 0.494 e. The standard InChI is InChI=1S/C28H32N2O3/c1-29-23-11-13-24(14-12-23)32-20-6-17-30-18-15-22(16-19-30)28(21-7-2-3-8-21)26-10-5-4-9-25(26)27(31)33-28/h4-5,9-14,21-22H,2-3,6-8,15-20H2. The number of likely N-dealkylation sites (tertiary alicyclic amines) is 1. The van der Waals surface area contributed by atoms with E-state index in [2.05, 4.69) is 21.9 Å². The summed E-state index contributed by atoms with van der Waals surface area (Å²) in [5.74, 6) is 1.54. The Labute approximate surface area is 196 Å². The second kappa shape index (κ2) is 9.57. The molecule has 2 heterocycles. The molecule has 0 amide bonds. The van der Waals surface area contributed by atoms with Crippen LogP contribution in [0.5, 0.6) is 5.75 Å². The predicted octanol–water partition coefficient (Wildman–Crippen LogP) is 5.97. The molecule has 33 heavy (non-hydrogen) atoms. The third kappa shape index (κ3) is 4.25. The van der Waals surface area contributed by atoms with Crippen LogP contribution in [-0.2, 0) is 10.3 Å². The number of carbonyl (C=O) groups is 1. The second-order valence-electron chi connectivity index (χ2n) is 9.63. The highest BCUT2D eigenvalue weighted by molar-refractivity contribution is 5.94. The molecule has 2 aliphatic heterocycles. The van der Waals surface area contributed by atoms with Crippen LogP contribution in [0.4, 0.5) is 5.69 Å². The minimum absolute atomic E-state index is 0.124. The number of esters is 1. The molecule has 1 saturated heterocycles. The first-order valence-electron chi connectivity index (χ1n) is 12.4. The zero-order valence-corrected chi connectivity index (χ0v) is 19.2. The molecule has 1 unspecified atom stereocenters. The molecule has 1 aliphatic carbocycles. The maximum absolute atomic E-state index is 12.8. The topological polar surface area (TPSA) is 43.1 Å². The van der Waals surface area contributed by atoms with Crippen molar-refractivity contribution >= 4 is 11.7 Å². The van der Waals surface area contributed by atoms with Crippen molar-refractivity contribution in [2.24, 2.45) is 11.8 Å². The van der Waals surface area contributed by atoms with Gasteiger partial charge >= 0.3 is 5.97 Å². The first-order valence-corrected chi connectivity index (χ1v) is 12.4. The van der Waals surface area contributed by atoms with Gasteiger partial charge in [0.05, 0.1) is 18.7 Å².